The van der Waals surface area contributed by atoms with Crippen LogP contribution in [-0.2, 0) is 0 Å². The molecule has 0 aliphatic carbocycles. The van der Waals surface area contributed by atoms with E-state index in [1.807, 2.05) is 55.6 Å². The molecule has 112 valence electrons. The fourth-order valence-corrected chi connectivity index (χ4v) is 2.52. The molecule has 3 heterocycles. The lowest BCUT2D eigenvalue weighted by molar-refractivity contribution is 1.09. The number of rotatable bonds is 3. The number of anilines is 2. The first-order valence-corrected chi connectivity index (χ1v) is 7.39. The zero-order valence-electron chi connectivity index (χ0n) is 12.6. The van der Waals surface area contributed by atoms with Crippen molar-refractivity contribution < 1.29 is 0 Å². The second-order valence-electron chi connectivity index (χ2n) is 5.34. The van der Waals surface area contributed by atoms with Gasteiger partial charge in [0.1, 0.15) is 11.5 Å². The summed E-state index contributed by atoms with van der Waals surface area (Å²) in [5.74, 6) is 1.38. The molecule has 0 radical (unpaired) electrons. The molecule has 4 rings (SSSR count). The fraction of sp³-hybridized carbons (Fsp3) is 0.0556. The van der Waals surface area contributed by atoms with E-state index in [2.05, 4.69) is 31.3 Å². The summed E-state index contributed by atoms with van der Waals surface area (Å²) < 4.78 is 0. The van der Waals surface area contributed by atoms with E-state index in [9.17, 15) is 0 Å². The molecule has 0 amide bonds. The molecule has 0 spiro atoms. The second kappa shape index (κ2) is 5.53. The van der Waals surface area contributed by atoms with Gasteiger partial charge < -0.3 is 10.3 Å². The summed E-state index contributed by atoms with van der Waals surface area (Å²) in [7, 11) is 0. The largest absolute Gasteiger partial charge is 0.361 e. The number of H-pyrrole nitrogens is 1. The van der Waals surface area contributed by atoms with E-state index < -0.39 is 0 Å². The molecule has 0 aliphatic heterocycles. The number of hydrogen-bond donors (Lipinski definition) is 2. The molecule has 23 heavy (non-hydrogen) atoms. The van der Waals surface area contributed by atoms with Gasteiger partial charge >= 0.3 is 0 Å². The summed E-state index contributed by atoms with van der Waals surface area (Å²) in [6.45, 7) is 1.95. The molecule has 0 saturated heterocycles. The van der Waals surface area contributed by atoms with Gasteiger partial charge in [-0.25, -0.2) is 9.97 Å². The SMILES string of the molecule is Cc1cc(Nc2ccc3[nH]ccc3c2)nc(-c2ccccn2)n1. The van der Waals surface area contributed by atoms with E-state index in [1.165, 1.54) is 0 Å². The van der Waals surface area contributed by atoms with Crippen LogP contribution in [0.5, 0.6) is 0 Å². The maximum Gasteiger partial charge on any atom is 0.180 e. The van der Waals surface area contributed by atoms with Crippen molar-refractivity contribution in [3.8, 4) is 11.5 Å². The monoisotopic (exact) mass is 301 g/mol. The number of pyridine rings is 1. The summed E-state index contributed by atoms with van der Waals surface area (Å²) in [5, 5.41) is 4.50. The quantitative estimate of drug-likeness (QED) is 0.598. The molecule has 0 fully saturated rings. The van der Waals surface area contributed by atoms with Gasteiger partial charge in [0.25, 0.3) is 0 Å². The average molecular weight is 301 g/mol. The van der Waals surface area contributed by atoms with E-state index in [-0.39, 0.29) is 0 Å². The van der Waals surface area contributed by atoms with Gasteiger partial charge in [-0.15, -0.1) is 0 Å². The van der Waals surface area contributed by atoms with Crippen LogP contribution in [0.2, 0.25) is 0 Å². The third kappa shape index (κ3) is 2.76. The molecule has 2 N–H and O–H groups in total. The van der Waals surface area contributed by atoms with Gasteiger partial charge in [0, 0.05) is 40.7 Å². The summed E-state index contributed by atoms with van der Waals surface area (Å²) in [6, 6.07) is 15.8. The summed E-state index contributed by atoms with van der Waals surface area (Å²) >= 11 is 0. The topological polar surface area (TPSA) is 66.5 Å². The van der Waals surface area contributed by atoms with Crippen LogP contribution in [0.15, 0.2) is 60.9 Å². The van der Waals surface area contributed by atoms with Gasteiger partial charge in [0.2, 0.25) is 0 Å². The Morgan fingerprint density at radius 3 is 2.83 bits per heavy atom. The number of aromatic nitrogens is 4. The van der Waals surface area contributed by atoms with E-state index in [4.69, 9.17) is 0 Å². The Morgan fingerprint density at radius 1 is 1.00 bits per heavy atom. The van der Waals surface area contributed by atoms with Crippen LogP contribution in [0, 0.1) is 6.92 Å². The van der Waals surface area contributed by atoms with Gasteiger partial charge in [0.05, 0.1) is 0 Å². The number of nitrogens with one attached hydrogen (secondary N) is 2. The zero-order chi connectivity index (χ0) is 15.6. The first-order chi connectivity index (χ1) is 11.3. The van der Waals surface area contributed by atoms with Crippen molar-refractivity contribution >= 4 is 22.4 Å². The highest BCUT2D eigenvalue weighted by Gasteiger charge is 2.06. The van der Waals surface area contributed by atoms with E-state index in [1.54, 1.807) is 6.20 Å². The van der Waals surface area contributed by atoms with Gasteiger partial charge in [-0.3, -0.25) is 4.98 Å². The van der Waals surface area contributed by atoms with Crippen molar-refractivity contribution in [2.45, 2.75) is 6.92 Å². The summed E-state index contributed by atoms with van der Waals surface area (Å²) in [4.78, 5) is 16.5. The minimum Gasteiger partial charge on any atom is -0.361 e. The van der Waals surface area contributed by atoms with Crippen LogP contribution in [0.25, 0.3) is 22.4 Å². The molecular weight excluding hydrogens is 286 g/mol. The zero-order valence-corrected chi connectivity index (χ0v) is 12.6. The molecule has 0 aliphatic rings. The Bertz CT molecular complexity index is 959. The summed E-state index contributed by atoms with van der Waals surface area (Å²) in [5.41, 5.74) is 3.76. The number of aromatic amines is 1. The number of aryl methyl sites for hydroxylation is 1. The number of fused-ring (bicyclic) bond motifs is 1. The first kappa shape index (κ1) is 13.5. The standard InChI is InChI=1S/C18H15N5/c1-12-10-17(23-18(21-12)16-4-2-3-8-19-16)22-14-5-6-15-13(11-14)7-9-20-15/h2-11,20H,1H3,(H,21,22,23). The van der Waals surface area contributed by atoms with Gasteiger partial charge in [-0.05, 0) is 43.3 Å². The van der Waals surface area contributed by atoms with Gasteiger partial charge in [-0.1, -0.05) is 6.07 Å². The molecule has 0 unspecified atom stereocenters. The lowest BCUT2D eigenvalue weighted by atomic mass is 10.2. The lowest BCUT2D eigenvalue weighted by Crippen LogP contribution is -1.99. The van der Waals surface area contributed by atoms with E-state index >= 15 is 0 Å². The highest BCUT2D eigenvalue weighted by Crippen LogP contribution is 2.22. The Balaban J connectivity index is 1.69. The van der Waals surface area contributed by atoms with Crippen LogP contribution >= 0.6 is 0 Å². The average Bonchev–Trinajstić information content (AvgIpc) is 3.03. The molecule has 0 saturated carbocycles. The molecule has 0 bridgehead atoms. The third-order valence-corrected chi connectivity index (χ3v) is 3.57. The van der Waals surface area contributed by atoms with Crippen LogP contribution < -0.4 is 5.32 Å². The molecule has 1 aromatic carbocycles. The lowest BCUT2D eigenvalue weighted by Gasteiger charge is -2.08. The molecule has 4 aromatic rings. The van der Waals surface area contributed by atoms with Crippen LogP contribution in [-0.4, -0.2) is 19.9 Å². The highest BCUT2D eigenvalue weighted by molar-refractivity contribution is 5.83. The Labute approximate surface area is 133 Å². The highest BCUT2D eigenvalue weighted by atomic mass is 15.0. The van der Waals surface area contributed by atoms with E-state index in [0.717, 1.165) is 33.8 Å². The maximum absolute atomic E-state index is 4.57. The Hall–Kier alpha value is -3.21. The number of benzene rings is 1. The summed E-state index contributed by atoms with van der Waals surface area (Å²) in [6.07, 6.45) is 3.68. The van der Waals surface area contributed by atoms with E-state index in [0.29, 0.717) is 5.82 Å². The second-order valence-corrected chi connectivity index (χ2v) is 5.34. The minimum absolute atomic E-state index is 0.621. The van der Waals surface area contributed by atoms with Crippen molar-refractivity contribution in [3.05, 3.63) is 66.6 Å². The number of hydrogen-bond acceptors (Lipinski definition) is 4. The van der Waals surface area contributed by atoms with Gasteiger partial charge in [0.15, 0.2) is 5.82 Å². The maximum atomic E-state index is 4.57. The molecule has 5 heteroatoms. The van der Waals surface area contributed by atoms with Crippen LogP contribution in [0.3, 0.4) is 0 Å². The Kier molecular flexibility index (Phi) is 3.24. The smallest absolute Gasteiger partial charge is 0.180 e. The predicted molar refractivity (Wildman–Crippen MR) is 91.6 cm³/mol. The molecular formula is C18H15N5. The normalized spacial score (nSPS) is 10.8. The van der Waals surface area contributed by atoms with Crippen molar-refractivity contribution in [2.24, 2.45) is 0 Å². The van der Waals surface area contributed by atoms with Crippen molar-refractivity contribution in [3.63, 3.8) is 0 Å². The van der Waals surface area contributed by atoms with Crippen molar-refractivity contribution in [1.29, 1.82) is 0 Å². The predicted octanol–water partition coefficient (Wildman–Crippen LogP) is 4.07. The fourth-order valence-electron chi connectivity index (χ4n) is 2.52. The van der Waals surface area contributed by atoms with Crippen LogP contribution in [0.1, 0.15) is 5.69 Å². The third-order valence-electron chi connectivity index (χ3n) is 3.57. The van der Waals surface area contributed by atoms with Crippen molar-refractivity contribution in [1.82, 2.24) is 19.9 Å². The molecule has 5 nitrogen and oxygen atoms in total. The van der Waals surface area contributed by atoms with Crippen molar-refractivity contribution in [2.75, 3.05) is 5.32 Å². The number of nitrogens with zero attached hydrogens (tertiary/aromatic N) is 3. The molecule has 0 atom stereocenters. The van der Waals surface area contributed by atoms with Gasteiger partial charge in [-0.2, -0.15) is 0 Å². The first-order valence-electron chi connectivity index (χ1n) is 7.39. The molecule has 3 aromatic heterocycles. The minimum atomic E-state index is 0.621. The Morgan fingerprint density at radius 2 is 1.96 bits per heavy atom. The van der Waals surface area contributed by atoms with Crippen LogP contribution in [0.4, 0.5) is 11.5 Å².